The Morgan fingerprint density at radius 1 is 1.33 bits per heavy atom. The molecule has 1 N–H and O–H groups in total. The van der Waals surface area contributed by atoms with Gasteiger partial charge >= 0.3 is 0 Å². The van der Waals surface area contributed by atoms with Crippen molar-refractivity contribution in [2.45, 2.75) is 45.2 Å². The maximum absolute atomic E-state index is 6.23. The highest BCUT2D eigenvalue weighted by Gasteiger charge is 2.38. The number of halogens is 1. The van der Waals surface area contributed by atoms with Crippen molar-refractivity contribution in [3.05, 3.63) is 28.8 Å². The molecule has 0 radical (unpaired) electrons. The number of methoxy groups -OCH3 is 1. The van der Waals surface area contributed by atoms with Crippen LogP contribution in [0.15, 0.2) is 18.2 Å². The van der Waals surface area contributed by atoms with Gasteiger partial charge in [0.05, 0.1) is 13.2 Å². The summed E-state index contributed by atoms with van der Waals surface area (Å²) in [4.78, 5) is 2.57. The molecule has 1 aromatic rings. The zero-order chi connectivity index (χ0) is 15.5. The second kappa shape index (κ2) is 6.99. The molecule has 0 spiro atoms. The molecule has 118 valence electrons. The number of hydrogen-bond acceptors (Lipinski definition) is 3. The van der Waals surface area contributed by atoms with Crippen LogP contribution >= 0.6 is 11.6 Å². The van der Waals surface area contributed by atoms with Gasteiger partial charge in [-0.25, -0.2) is 0 Å². The van der Waals surface area contributed by atoms with Gasteiger partial charge in [0.25, 0.3) is 0 Å². The molecule has 0 saturated carbocycles. The second-order valence-corrected chi connectivity index (χ2v) is 6.66. The molecule has 1 heterocycles. The first-order valence-electron chi connectivity index (χ1n) is 7.82. The van der Waals surface area contributed by atoms with E-state index in [9.17, 15) is 0 Å². The van der Waals surface area contributed by atoms with Gasteiger partial charge in [0.15, 0.2) is 0 Å². The fourth-order valence-corrected chi connectivity index (χ4v) is 3.53. The predicted molar refractivity (Wildman–Crippen MR) is 89.3 cm³/mol. The fraction of sp³-hybridized carbons (Fsp3) is 0.647. The van der Waals surface area contributed by atoms with Crippen molar-refractivity contribution in [3.63, 3.8) is 0 Å². The van der Waals surface area contributed by atoms with E-state index in [1.165, 1.54) is 12.8 Å². The van der Waals surface area contributed by atoms with Crippen molar-refractivity contribution < 1.29 is 4.74 Å². The normalized spacial score (nSPS) is 18.0. The number of nitrogens with one attached hydrogen (secondary N) is 1. The first-order chi connectivity index (χ1) is 10.0. The van der Waals surface area contributed by atoms with Crippen molar-refractivity contribution in [3.8, 4) is 5.75 Å². The average Bonchev–Trinajstić information content (AvgIpc) is 2.99. The van der Waals surface area contributed by atoms with Crippen molar-refractivity contribution in [1.29, 1.82) is 0 Å². The third-order valence-corrected chi connectivity index (χ3v) is 4.77. The van der Waals surface area contributed by atoms with Crippen LogP contribution in [0.1, 0.15) is 45.2 Å². The first kappa shape index (κ1) is 16.6. The van der Waals surface area contributed by atoms with Gasteiger partial charge in [0.1, 0.15) is 5.75 Å². The third kappa shape index (κ3) is 3.53. The maximum atomic E-state index is 6.23. The van der Waals surface area contributed by atoms with Gasteiger partial charge in [0, 0.05) is 16.1 Å². The molecular formula is C17H27ClN2O. The highest BCUT2D eigenvalue weighted by atomic mass is 35.5. The van der Waals surface area contributed by atoms with Crippen LogP contribution in [-0.2, 0) is 0 Å². The Bertz CT molecular complexity index is 470. The van der Waals surface area contributed by atoms with Crippen LogP contribution in [0.25, 0.3) is 0 Å². The Labute approximate surface area is 133 Å². The summed E-state index contributed by atoms with van der Waals surface area (Å²) in [5.41, 5.74) is 1.16. The smallest absolute Gasteiger partial charge is 0.123 e. The summed E-state index contributed by atoms with van der Waals surface area (Å²) < 4.78 is 5.57. The summed E-state index contributed by atoms with van der Waals surface area (Å²) in [6, 6.07) is 6.07. The fourth-order valence-electron chi connectivity index (χ4n) is 3.35. The summed E-state index contributed by atoms with van der Waals surface area (Å²) in [6.45, 7) is 10.0. The molecule has 1 atom stereocenters. The topological polar surface area (TPSA) is 24.5 Å². The van der Waals surface area contributed by atoms with Crippen LogP contribution in [0, 0.1) is 0 Å². The Balaban J connectivity index is 2.40. The molecular weight excluding hydrogens is 284 g/mol. The molecule has 2 rings (SSSR count). The lowest BCUT2D eigenvalue weighted by molar-refractivity contribution is 0.106. The minimum atomic E-state index is 0.0183. The van der Waals surface area contributed by atoms with Crippen LogP contribution in [0.2, 0.25) is 5.02 Å². The van der Waals surface area contributed by atoms with Gasteiger partial charge in [-0.05, 0) is 64.5 Å². The predicted octanol–water partition coefficient (Wildman–Crippen LogP) is 3.87. The third-order valence-electron chi connectivity index (χ3n) is 4.54. The lowest BCUT2D eigenvalue weighted by Crippen LogP contribution is -2.51. The van der Waals surface area contributed by atoms with Gasteiger partial charge in [-0.15, -0.1) is 0 Å². The van der Waals surface area contributed by atoms with Crippen molar-refractivity contribution in [2.24, 2.45) is 0 Å². The zero-order valence-electron chi connectivity index (χ0n) is 13.6. The van der Waals surface area contributed by atoms with E-state index < -0.39 is 0 Å². The van der Waals surface area contributed by atoms with Gasteiger partial charge in [0.2, 0.25) is 0 Å². The molecule has 4 heteroatoms. The summed E-state index contributed by atoms with van der Waals surface area (Å²) in [6.07, 6.45) is 2.57. The van der Waals surface area contributed by atoms with E-state index in [1.54, 1.807) is 7.11 Å². The highest BCUT2D eigenvalue weighted by Crippen LogP contribution is 2.38. The van der Waals surface area contributed by atoms with Crippen LogP contribution in [0.5, 0.6) is 5.75 Å². The number of benzene rings is 1. The van der Waals surface area contributed by atoms with Gasteiger partial charge in [-0.2, -0.15) is 0 Å². The molecule has 1 unspecified atom stereocenters. The zero-order valence-corrected chi connectivity index (χ0v) is 14.3. The van der Waals surface area contributed by atoms with Gasteiger partial charge < -0.3 is 10.1 Å². The second-order valence-electron chi connectivity index (χ2n) is 6.22. The molecule has 1 aliphatic heterocycles. The van der Waals surface area contributed by atoms with Crippen LogP contribution < -0.4 is 10.1 Å². The van der Waals surface area contributed by atoms with E-state index >= 15 is 0 Å². The Hall–Kier alpha value is -0.770. The Kier molecular flexibility index (Phi) is 5.53. The average molecular weight is 311 g/mol. The maximum Gasteiger partial charge on any atom is 0.123 e. The van der Waals surface area contributed by atoms with Crippen LogP contribution in [-0.4, -0.2) is 37.2 Å². The quantitative estimate of drug-likeness (QED) is 0.863. The lowest BCUT2D eigenvalue weighted by atomic mass is 9.86. The number of likely N-dealkylation sites (N-methyl/N-ethyl adjacent to an activating group) is 1. The van der Waals surface area contributed by atoms with Gasteiger partial charge in [-0.1, -0.05) is 18.5 Å². The van der Waals surface area contributed by atoms with Crippen LogP contribution in [0.3, 0.4) is 0 Å². The van der Waals surface area contributed by atoms with Gasteiger partial charge in [-0.3, -0.25) is 4.90 Å². The molecule has 21 heavy (non-hydrogen) atoms. The van der Waals surface area contributed by atoms with E-state index in [0.29, 0.717) is 0 Å². The van der Waals surface area contributed by atoms with Crippen molar-refractivity contribution in [2.75, 3.05) is 26.7 Å². The van der Waals surface area contributed by atoms with Crippen molar-refractivity contribution in [1.82, 2.24) is 10.2 Å². The minimum absolute atomic E-state index is 0.0183. The number of nitrogens with zero attached hydrogens (tertiary/aromatic N) is 1. The molecule has 3 nitrogen and oxygen atoms in total. The molecule has 0 aromatic heterocycles. The monoisotopic (exact) mass is 310 g/mol. The molecule has 0 amide bonds. The molecule has 0 bridgehead atoms. The highest BCUT2D eigenvalue weighted by molar-refractivity contribution is 6.30. The standard InChI is InChI=1S/C17H27ClN2O/c1-5-19-16(17(2,3)20-10-6-7-11-20)14-12-13(18)8-9-15(14)21-4/h8-9,12,16,19H,5-7,10-11H2,1-4H3. The molecule has 1 aromatic carbocycles. The summed E-state index contributed by atoms with van der Waals surface area (Å²) in [7, 11) is 1.72. The van der Waals surface area contributed by atoms with E-state index in [-0.39, 0.29) is 11.6 Å². The number of hydrogen-bond donors (Lipinski definition) is 1. The van der Waals surface area contributed by atoms with Crippen LogP contribution in [0.4, 0.5) is 0 Å². The number of likely N-dealkylation sites (tertiary alicyclic amines) is 1. The molecule has 1 saturated heterocycles. The Morgan fingerprint density at radius 3 is 2.57 bits per heavy atom. The first-order valence-corrected chi connectivity index (χ1v) is 8.20. The van der Waals surface area contributed by atoms with E-state index in [2.05, 4.69) is 31.0 Å². The largest absolute Gasteiger partial charge is 0.496 e. The SMILES string of the molecule is CCNC(c1cc(Cl)ccc1OC)C(C)(C)N1CCCC1. The molecule has 1 fully saturated rings. The summed E-state index contributed by atoms with van der Waals surface area (Å²) >= 11 is 6.23. The number of rotatable bonds is 6. The van der Waals surface area contributed by atoms with Crippen molar-refractivity contribution >= 4 is 11.6 Å². The van der Waals surface area contributed by atoms with E-state index in [0.717, 1.165) is 36.0 Å². The van der Waals surface area contributed by atoms with E-state index in [1.807, 2.05) is 18.2 Å². The lowest BCUT2D eigenvalue weighted by Gasteiger charge is -2.43. The molecule has 0 aliphatic carbocycles. The molecule has 1 aliphatic rings. The Morgan fingerprint density at radius 2 is 2.00 bits per heavy atom. The summed E-state index contributed by atoms with van der Waals surface area (Å²) in [5, 5.41) is 4.39. The summed E-state index contributed by atoms with van der Waals surface area (Å²) in [5.74, 6) is 0.901. The number of ether oxygens (including phenoxy) is 1. The van der Waals surface area contributed by atoms with E-state index in [4.69, 9.17) is 16.3 Å². The minimum Gasteiger partial charge on any atom is -0.496 e.